The number of halogens is 1. The second kappa shape index (κ2) is 6.91. The number of furan rings is 1. The summed E-state index contributed by atoms with van der Waals surface area (Å²) in [4.78, 5) is 26.6. The summed E-state index contributed by atoms with van der Waals surface area (Å²) in [6.07, 6.45) is 6.80. The summed E-state index contributed by atoms with van der Waals surface area (Å²) in [6.45, 7) is 0.331. The average molecular weight is 432 g/mol. The summed E-state index contributed by atoms with van der Waals surface area (Å²) in [5.74, 6) is -0.562. The van der Waals surface area contributed by atoms with Gasteiger partial charge in [-0.15, -0.1) is 0 Å². The van der Waals surface area contributed by atoms with Gasteiger partial charge in [-0.2, -0.15) is 5.10 Å². The average Bonchev–Trinajstić information content (AvgIpc) is 3.59. The lowest BCUT2D eigenvalue weighted by Gasteiger charge is -2.33. The second-order valence-corrected chi connectivity index (χ2v) is 7.63. The number of oxazole rings is 1. The third-order valence-corrected chi connectivity index (χ3v) is 5.66. The van der Waals surface area contributed by atoms with E-state index in [1.807, 2.05) is 0 Å². The summed E-state index contributed by atoms with van der Waals surface area (Å²) in [6, 6.07) is 6.01. The number of amides is 1. The number of hydrogen-bond donors (Lipinski definition) is 1. The molecule has 1 amide bonds. The number of carbonyl (C=O) groups is 1. The molecule has 0 aliphatic carbocycles. The van der Waals surface area contributed by atoms with E-state index in [1.165, 1.54) is 11.1 Å². The van der Waals surface area contributed by atoms with Crippen molar-refractivity contribution in [2.75, 3.05) is 6.54 Å². The lowest BCUT2D eigenvalue weighted by Crippen LogP contribution is -2.40. The van der Waals surface area contributed by atoms with Gasteiger partial charge in [-0.3, -0.25) is 9.48 Å². The van der Waals surface area contributed by atoms with E-state index in [-0.39, 0.29) is 17.4 Å². The SMILES string of the molecule is Cn1cc(-c2ncc(C(=O)N3CCc4[nH]cnc4[C@H]3c3oc4ccccc4c3F)o2)cn1. The second-order valence-electron chi connectivity index (χ2n) is 7.63. The summed E-state index contributed by atoms with van der Waals surface area (Å²) in [7, 11) is 1.78. The number of aromatic nitrogens is 5. The zero-order valence-electron chi connectivity index (χ0n) is 16.9. The van der Waals surface area contributed by atoms with E-state index in [0.717, 1.165) is 5.69 Å². The van der Waals surface area contributed by atoms with Crippen molar-refractivity contribution in [2.24, 2.45) is 7.05 Å². The molecule has 160 valence electrons. The van der Waals surface area contributed by atoms with Gasteiger partial charge in [0.1, 0.15) is 11.6 Å². The molecule has 10 heteroatoms. The number of hydrogen-bond acceptors (Lipinski definition) is 6. The predicted molar refractivity (Wildman–Crippen MR) is 110 cm³/mol. The quantitative estimate of drug-likeness (QED) is 0.468. The van der Waals surface area contributed by atoms with Gasteiger partial charge in [0.05, 0.1) is 35.4 Å². The molecule has 0 bridgehead atoms. The number of nitrogens with zero attached hydrogens (tertiary/aromatic N) is 5. The summed E-state index contributed by atoms with van der Waals surface area (Å²) < 4.78 is 28.6. The van der Waals surface area contributed by atoms with Crippen molar-refractivity contribution in [1.82, 2.24) is 29.6 Å². The lowest BCUT2D eigenvalue weighted by atomic mass is 9.99. The van der Waals surface area contributed by atoms with E-state index in [9.17, 15) is 4.79 Å². The third-order valence-electron chi connectivity index (χ3n) is 5.66. The van der Waals surface area contributed by atoms with Gasteiger partial charge < -0.3 is 18.7 Å². The number of H-pyrrole nitrogens is 1. The zero-order chi connectivity index (χ0) is 21.8. The zero-order valence-corrected chi connectivity index (χ0v) is 16.9. The molecule has 6 rings (SSSR count). The molecule has 4 aromatic heterocycles. The first-order chi connectivity index (χ1) is 15.6. The minimum atomic E-state index is -0.836. The summed E-state index contributed by atoms with van der Waals surface area (Å²) >= 11 is 0. The normalized spacial score (nSPS) is 15.9. The van der Waals surface area contributed by atoms with Crippen LogP contribution in [-0.4, -0.2) is 42.1 Å². The van der Waals surface area contributed by atoms with Gasteiger partial charge in [-0.25, -0.2) is 14.4 Å². The number of carbonyl (C=O) groups excluding carboxylic acids is 1. The van der Waals surface area contributed by atoms with Crippen LogP contribution in [0.15, 0.2) is 58.0 Å². The Morgan fingerprint density at radius 1 is 1.22 bits per heavy atom. The van der Waals surface area contributed by atoms with Crippen LogP contribution >= 0.6 is 0 Å². The number of rotatable bonds is 3. The molecular formula is C22H17FN6O3. The molecule has 0 fully saturated rings. The first-order valence-electron chi connectivity index (χ1n) is 10.0. The van der Waals surface area contributed by atoms with Gasteiger partial charge in [0.15, 0.2) is 11.6 Å². The predicted octanol–water partition coefficient (Wildman–Crippen LogP) is 3.47. The molecule has 1 aromatic carbocycles. The van der Waals surface area contributed by atoms with Crippen LogP contribution in [0, 0.1) is 5.82 Å². The Hall–Kier alpha value is -4.21. The van der Waals surface area contributed by atoms with E-state index in [1.54, 1.807) is 54.7 Å². The highest BCUT2D eigenvalue weighted by molar-refractivity contribution is 5.92. The standard InChI is InChI=1S/C22H17FN6O3/c1-28-10-12(8-27-28)21-24-9-16(32-21)22(30)29-7-6-14-18(26-11-25-14)19(29)20-17(23)13-4-2-3-5-15(13)31-20/h2-5,8-11,19H,6-7H2,1H3,(H,25,26)/t19-/m0/s1. The highest BCUT2D eigenvalue weighted by atomic mass is 19.1. The molecule has 0 saturated heterocycles. The molecule has 5 heterocycles. The van der Waals surface area contributed by atoms with Gasteiger partial charge in [-0.1, -0.05) is 12.1 Å². The van der Waals surface area contributed by atoms with E-state index >= 15 is 4.39 Å². The van der Waals surface area contributed by atoms with E-state index < -0.39 is 17.8 Å². The number of imidazole rings is 1. The maximum Gasteiger partial charge on any atom is 0.292 e. The van der Waals surface area contributed by atoms with Crippen LogP contribution in [0.1, 0.15) is 33.7 Å². The third kappa shape index (κ3) is 2.76. The smallest absolute Gasteiger partial charge is 0.292 e. The number of aromatic amines is 1. The van der Waals surface area contributed by atoms with Crippen LogP contribution in [-0.2, 0) is 13.5 Å². The fourth-order valence-electron chi connectivity index (χ4n) is 4.15. The fourth-order valence-corrected chi connectivity index (χ4v) is 4.15. The van der Waals surface area contributed by atoms with Gasteiger partial charge in [0.25, 0.3) is 5.91 Å². The minimum absolute atomic E-state index is 0.0413. The Bertz CT molecular complexity index is 1460. The van der Waals surface area contributed by atoms with E-state index in [4.69, 9.17) is 8.83 Å². The monoisotopic (exact) mass is 432 g/mol. The molecule has 1 N–H and O–H groups in total. The van der Waals surface area contributed by atoms with E-state index in [2.05, 4.69) is 20.1 Å². The Morgan fingerprint density at radius 2 is 2.09 bits per heavy atom. The molecule has 1 atom stereocenters. The van der Waals surface area contributed by atoms with Crippen molar-refractivity contribution < 1.29 is 18.0 Å². The number of aryl methyl sites for hydroxylation is 1. The molecule has 0 spiro atoms. The van der Waals surface area contributed by atoms with Crippen molar-refractivity contribution >= 4 is 16.9 Å². The maximum atomic E-state index is 15.4. The molecular weight excluding hydrogens is 415 g/mol. The van der Waals surface area contributed by atoms with Gasteiger partial charge in [-0.05, 0) is 12.1 Å². The van der Waals surface area contributed by atoms with Crippen LogP contribution in [0.25, 0.3) is 22.4 Å². The molecule has 0 saturated carbocycles. The lowest BCUT2D eigenvalue weighted by molar-refractivity contribution is 0.0637. The maximum absolute atomic E-state index is 15.4. The largest absolute Gasteiger partial charge is 0.455 e. The molecule has 1 aliphatic rings. The Labute approximate surface area is 180 Å². The number of benzene rings is 1. The van der Waals surface area contributed by atoms with Gasteiger partial charge in [0, 0.05) is 31.9 Å². The highest BCUT2D eigenvalue weighted by Crippen LogP contribution is 2.39. The summed E-state index contributed by atoms with van der Waals surface area (Å²) in [5.41, 5.74) is 2.45. The topological polar surface area (TPSA) is 106 Å². The van der Waals surface area contributed by atoms with Crippen LogP contribution < -0.4 is 0 Å². The van der Waals surface area contributed by atoms with Crippen LogP contribution in [0.3, 0.4) is 0 Å². The van der Waals surface area contributed by atoms with Gasteiger partial charge >= 0.3 is 0 Å². The molecule has 1 aliphatic heterocycles. The Balaban J connectivity index is 1.43. The molecule has 9 nitrogen and oxygen atoms in total. The highest BCUT2D eigenvalue weighted by Gasteiger charge is 2.40. The van der Waals surface area contributed by atoms with E-state index in [0.29, 0.717) is 35.2 Å². The van der Waals surface area contributed by atoms with Crippen LogP contribution in [0.4, 0.5) is 4.39 Å². The van der Waals surface area contributed by atoms with Crippen LogP contribution in [0.5, 0.6) is 0 Å². The van der Waals surface area contributed by atoms with Crippen molar-refractivity contribution in [1.29, 1.82) is 0 Å². The molecule has 5 aromatic rings. The molecule has 32 heavy (non-hydrogen) atoms. The minimum Gasteiger partial charge on any atom is -0.455 e. The number of fused-ring (bicyclic) bond motifs is 2. The Morgan fingerprint density at radius 3 is 2.91 bits per heavy atom. The Kier molecular flexibility index (Phi) is 4.00. The molecule has 0 unspecified atom stereocenters. The van der Waals surface area contributed by atoms with Crippen molar-refractivity contribution in [3.8, 4) is 11.5 Å². The number of nitrogens with one attached hydrogen (secondary N) is 1. The fraction of sp³-hybridized carbons (Fsp3) is 0.182. The number of para-hydroxylation sites is 1. The van der Waals surface area contributed by atoms with Crippen molar-refractivity contribution in [3.05, 3.63) is 77.9 Å². The van der Waals surface area contributed by atoms with Crippen molar-refractivity contribution in [2.45, 2.75) is 12.5 Å². The first-order valence-corrected chi connectivity index (χ1v) is 10.0. The van der Waals surface area contributed by atoms with Gasteiger partial charge in [0.2, 0.25) is 11.7 Å². The van der Waals surface area contributed by atoms with Crippen LogP contribution in [0.2, 0.25) is 0 Å². The first kappa shape index (κ1) is 18.6. The summed E-state index contributed by atoms with van der Waals surface area (Å²) in [5, 5.41) is 4.45. The van der Waals surface area contributed by atoms with Crippen molar-refractivity contribution in [3.63, 3.8) is 0 Å². The molecule has 0 radical (unpaired) electrons.